The van der Waals surface area contributed by atoms with Crippen molar-refractivity contribution in [3.05, 3.63) is 169 Å². The number of aromatic nitrogens is 6. The number of alkyl halides is 6. The summed E-state index contributed by atoms with van der Waals surface area (Å²) >= 11 is 0. The van der Waals surface area contributed by atoms with Crippen molar-refractivity contribution in [1.29, 1.82) is 0 Å². The molecule has 0 radical (unpaired) electrons. The zero-order chi connectivity index (χ0) is 37.3. The van der Waals surface area contributed by atoms with Crippen LogP contribution in [-0.4, -0.2) is 40.1 Å². The van der Waals surface area contributed by atoms with Crippen LogP contribution in [0.5, 0.6) is 0 Å². The molecule has 0 unspecified atom stereocenters. The maximum atomic E-state index is 12.2. The van der Waals surface area contributed by atoms with E-state index in [0.29, 0.717) is 22.0 Å². The van der Waals surface area contributed by atoms with Gasteiger partial charge >= 0.3 is 143 Å². The molecule has 4 heterocycles. The fourth-order valence-corrected chi connectivity index (χ4v) is 8.13. The molecule has 268 valence electrons. The minimum absolute atomic E-state index is 0.183. The van der Waals surface area contributed by atoms with Crippen molar-refractivity contribution < 1.29 is 36.1 Å². The van der Waals surface area contributed by atoms with E-state index in [4.69, 9.17) is 0 Å². The van der Waals surface area contributed by atoms with Crippen LogP contribution in [0, 0.1) is 0 Å². The molecule has 7 aromatic rings. The topological polar surface area (TPSA) is 124 Å². The van der Waals surface area contributed by atoms with Gasteiger partial charge in [-0.25, -0.2) is 0 Å². The van der Waals surface area contributed by atoms with Crippen molar-refractivity contribution in [1.82, 2.24) is 30.4 Å². The Morgan fingerprint density at radius 3 is 1.17 bits per heavy atom. The number of pyridine rings is 2. The van der Waals surface area contributed by atoms with Gasteiger partial charge in [0.1, 0.15) is 22.8 Å². The van der Waals surface area contributed by atoms with Crippen molar-refractivity contribution >= 4 is 17.7 Å². The van der Waals surface area contributed by atoms with Crippen LogP contribution in [0.25, 0.3) is 22.8 Å². The van der Waals surface area contributed by atoms with Gasteiger partial charge in [-0.1, -0.05) is 12.1 Å². The Kier molecular flexibility index (Phi) is 11.3. The number of H-pyrrole nitrogens is 2. The average molecular weight is 737 g/mol. The standard InChI is InChI=1S/C19H19O2P.2C9H6F3N3/c20-22(21,18-12-6-2-7-13-18,19-14-8-3-9-15-19)16-17-10-4-1-5-11-17;2*10-9(11,12)8-5-7(14-15-8)6-3-1-2-4-13-6/h1-15,20-21H,16H2;2*1-5H,(H,14,15). The van der Waals surface area contributed by atoms with Gasteiger partial charge in [0.15, 0.2) is 0 Å². The molecule has 15 heteroatoms. The zero-order valence-corrected chi connectivity index (χ0v) is 27.9. The number of hydrogen-bond acceptors (Lipinski definition) is 6. The second-order valence-corrected chi connectivity index (χ2v) is 15.0. The first-order chi connectivity index (χ1) is 24.7. The molecule has 4 N–H and O–H groups in total. The second kappa shape index (κ2) is 15.7. The molecule has 0 atom stereocenters. The van der Waals surface area contributed by atoms with Crippen molar-refractivity contribution in [2.75, 3.05) is 0 Å². The van der Waals surface area contributed by atoms with Crippen LogP contribution in [0.3, 0.4) is 0 Å². The number of nitrogens with one attached hydrogen (secondary N) is 2. The molecule has 3 aromatic carbocycles. The van der Waals surface area contributed by atoms with Crippen LogP contribution in [0.1, 0.15) is 17.0 Å². The first-order valence-electron chi connectivity index (χ1n) is 15.5. The van der Waals surface area contributed by atoms with Gasteiger partial charge in [-0.3, -0.25) is 20.2 Å². The molecule has 8 nitrogen and oxygen atoms in total. The van der Waals surface area contributed by atoms with Crippen LogP contribution in [0.15, 0.2) is 152 Å². The van der Waals surface area contributed by atoms with E-state index in [9.17, 15) is 36.1 Å². The van der Waals surface area contributed by atoms with Crippen LogP contribution in [0.4, 0.5) is 26.3 Å². The summed E-state index contributed by atoms with van der Waals surface area (Å²) in [5, 5.41) is 12.1. The molecule has 0 amide bonds. The van der Waals surface area contributed by atoms with E-state index in [1.54, 1.807) is 60.7 Å². The first kappa shape index (κ1) is 37.6. The summed E-state index contributed by atoms with van der Waals surface area (Å²) < 4.78 is 73.4. The van der Waals surface area contributed by atoms with E-state index < -0.39 is 30.8 Å². The minimum atomic E-state index is -4.40. The van der Waals surface area contributed by atoms with Crippen molar-refractivity contribution in [2.24, 2.45) is 0 Å². The predicted octanol–water partition coefficient (Wildman–Crippen LogP) is 8.19. The van der Waals surface area contributed by atoms with Gasteiger partial charge < -0.3 is 0 Å². The Balaban J connectivity index is 0.000000155. The molecule has 0 aliphatic heterocycles. The number of halogens is 6. The molecule has 0 aliphatic carbocycles. The maximum absolute atomic E-state index is 12.2. The molecule has 7 rings (SSSR count). The molecule has 0 spiro atoms. The summed E-state index contributed by atoms with van der Waals surface area (Å²) in [4.78, 5) is 30.9. The summed E-state index contributed by atoms with van der Waals surface area (Å²) in [6.07, 6.45) is -5.60. The van der Waals surface area contributed by atoms with Crippen molar-refractivity contribution in [3.8, 4) is 22.8 Å². The van der Waals surface area contributed by atoms with E-state index in [1.807, 2.05) is 76.9 Å². The average Bonchev–Trinajstić information content (AvgIpc) is 3.87. The summed E-state index contributed by atoms with van der Waals surface area (Å²) in [6.45, 7) is 0. The predicted molar refractivity (Wildman–Crippen MR) is 187 cm³/mol. The van der Waals surface area contributed by atoms with Gasteiger partial charge in [-0.15, -0.1) is 0 Å². The molecule has 0 aliphatic rings. The molecule has 0 fully saturated rings. The Labute approximate surface area is 294 Å². The Morgan fingerprint density at radius 2 is 0.846 bits per heavy atom. The van der Waals surface area contributed by atoms with Gasteiger partial charge in [0.05, 0.1) is 11.4 Å². The molecular formula is C37H31F6N6O2P. The van der Waals surface area contributed by atoms with Crippen LogP contribution < -0.4 is 10.6 Å². The SMILES string of the molecule is FC(F)(F)c1cc(-c2ccccn2)n[nH]1.FC(F)(F)c1cc(-c2ccccn2)n[nH]1.OP(O)(Cc1ccccc1)(c1ccccc1)c1ccccc1. The normalized spacial score (nSPS) is 12.3. The second-order valence-electron chi connectivity index (χ2n) is 11.3. The number of nitrogens with zero attached hydrogens (tertiary/aromatic N) is 4. The number of benzene rings is 3. The van der Waals surface area contributed by atoms with Crippen LogP contribution >= 0.6 is 7.06 Å². The number of aromatic amines is 2. The van der Waals surface area contributed by atoms with E-state index in [1.165, 1.54) is 12.4 Å². The summed E-state index contributed by atoms with van der Waals surface area (Å²) in [7, 11) is -4.24. The van der Waals surface area contributed by atoms with Crippen molar-refractivity contribution in [2.45, 2.75) is 18.5 Å². The Hall–Kier alpha value is -5.69. The van der Waals surface area contributed by atoms with E-state index in [0.717, 1.165) is 17.7 Å². The summed E-state index contributed by atoms with van der Waals surface area (Å²) in [6, 6.07) is 39.8. The fraction of sp³-hybridized carbons (Fsp3) is 0.0811. The third-order valence-electron chi connectivity index (χ3n) is 7.54. The molecule has 52 heavy (non-hydrogen) atoms. The van der Waals surface area contributed by atoms with E-state index in [-0.39, 0.29) is 17.5 Å². The molecule has 0 saturated heterocycles. The van der Waals surface area contributed by atoms with Gasteiger partial charge in [0.2, 0.25) is 0 Å². The monoisotopic (exact) mass is 736 g/mol. The van der Waals surface area contributed by atoms with Gasteiger partial charge in [-0.2, -0.15) is 36.5 Å². The molecule has 0 bridgehead atoms. The van der Waals surface area contributed by atoms with Gasteiger partial charge in [0, 0.05) is 12.4 Å². The molecule has 4 aromatic heterocycles. The molecule has 0 saturated carbocycles. The third kappa shape index (κ3) is 9.34. The third-order valence-corrected chi connectivity index (χ3v) is 11.3. The zero-order valence-electron chi connectivity index (χ0n) is 27.0. The van der Waals surface area contributed by atoms with Crippen LogP contribution in [0.2, 0.25) is 0 Å². The summed E-state index contributed by atoms with van der Waals surface area (Å²) in [5.74, 6) is 0. The number of rotatable bonds is 6. The first-order valence-corrected chi connectivity index (χ1v) is 17.8. The van der Waals surface area contributed by atoms with Crippen molar-refractivity contribution in [3.63, 3.8) is 0 Å². The quantitative estimate of drug-likeness (QED) is 0.101. The Morgan fingerprint density at radius 1 is 0.481 bits per heavy atom. The van der Waals surface area contributed by atoms with E-state index in [2.05, 4.69) is 20.2 Å². The molecular weight excluding hydrogens is 705 g/mol. The van der Waals surface area contributed by atoms with Crippen LogP contribution in [-0.2, 0) is 18.5 Å². The van der Waals surface area contributed by atoms with E-state index >= 15 is 0 Å². The van der Waals surface area contributed by atoms with Gasteiger partial charge in [0.25, 0.3) is 0 Å². The Bertz CT molecular complexity index is 2000. The summed E-state index contributed by atoms with van der Waals surface area (Å²) in [5.41, 5.74) is 0.350. The number of hydrogen-bond donors (Lipinski definition) is 4. The van der Waals surface area contributed by atoms with Gasteiger partial charge in [-0.05, 0) is 36.4 Å². The fourth-order valence-electron chi connectivity index (χ4n) is 4.97.